The third kappa shape index (κ3) is 10.3. The van der Waals surface area contributed by atoms with Crippen molar-refractivity contribution in [2.75, 3.05) is 43.6 Å². The van der Waals surface area contributed by atoms with Crippen LogP contribution in [-0.2, 0) is 25.6 Å². The summed E-state index contributed by atoms with van der Waals surface area (Å²) in [7, 11) is 0. The van der Waals surface area contributed by atoms with Crippen molar-refractivity contribution in [3.05, 3.63) is 41.9 Å². The number of nitrogens with one attached hydrogen (secondary N) is 3. The molecule has 0 radical (unpaired) electrons. The molecule has 1 saturated heterocycles. The molecular formula is C34H48N10O5. The van der Waals surface area contributed by atoms with Gasteiger partial charge in [-0.3, -0.25) is 0 Å². The molecule has 1 aliphatic carbocycles. The first-order chi connectivity index (χ1) is 23.8. The smallest absolute Gasteiger partial charge is 0.435 e. The monoisotopic (exact) mass is 676 g/mol. The second kappa shape index (κ2) is 17.3. The highest BCUT2D eigenvalue weighted by Gasteiger charge is 2.32. The van der Waals surface area contributed by atoms with Crippen LogP contribution in [0.1, 0.15) is 76.9 Å². The van der Waals surface area contributed by atoms with Crippen LogP contribution in [0.5, 0.6) is 0 Å². The molecule has 3 aromatic heterocycles. The number of carbonyl (C=O) groups is 1. The predicted octanol–water partition coefficient (Wildman–Crippen LogP) is 4.78. The lowest BCUT2D eigenvalue weighted by atomic mass is 9.82. The number of aromatic nitrogens is 6. The Labute approximate surface area is 287 Å². The average molecular weight is 677 g/mol. The lowest BCUT2D eigenvalue weighted by Crippen LogP contribution is -2.43. The summed E-state index contributed by atoms with van der Waals surface area (Å²) in [6.07, 6.45) is 5.97. The van der Waals surface area contributed by atoms with E-state index in [2.05, 4.69) is 55.4 Å². The summed E-state index contributed by atoms with van der Waals surface area (Å²) in [5.41, 5.74) is 2.53. The molecule has 5 rings (SSSR count). The summed E-state index contributed by atoms with van der Waals surface area (Å²) in [5.74, 6) is 2.01. The van der Waals surface area contributed by atoms with E-state index >= 15 is 0 Å². The summed E-state index contributed by atoms with van der Waals surface area (Å²) in [4.78, 5) is 22.3. The van der Waals surface area contributed by atoms with Crippen molar-refractivity contribution < 1.29 is 23.7 Å². The predicted molar refractivity (Wildman–Crippen MR) is 181 cm³/mol. The maximum Gasteiger partial charge on any atom is 0.510 e. The minimum Gasteiger partial charge on any atom is -0.435 e. The van der Waals surface area contributed by atoms with Gasteiger partial charge < -0.3 is 34.9 Å². The van der Waals surface area contributed by atoms with Crippen molar-refractivity contribution in [2.45, 2.75) is 97.2 Å². The van der Waals surface area contributed by atoms with Crippen molar-refractivity contribution in [2.24, 2.45) is 5.41 Å². The van der Waals surface area contributed by atoms with Gasteiger partial charge in [-0.1, -0.05) is 6.07 Å². The molecule has 3 aromatic rings. The van der Waals surface area contributed by atoms with Gasteiger partial charge in [-0.15, -0.1) is 15.0 Å². The van der Waals surface area contributed by atoms with Gasteiger partial charge in [0.2, 0.25) is 12.1 Å². The third-order valence-electron chi connectivity index (χ3n) is 8.95. The maximum atomic E-state index is 11.5. The Morgan fingerprint density at radius 1 is 1.16 bits per heavy atom. The molecule has 0 spiro atoms. The molecule has 49 heavy (non-hydrogen) atoms. The van der Waals surface area contributed by atoms with Crippen molar-refractivity contribution >= 4 is 17.8 Å². The Balaban J connectivity index is 1.04. The van der Waals surface area contributed by atoms with E-state index in [1.807, 2.05) is 31.3 Å². The van der Waals surface area contributed by atoms with E-state index in [0.717, 1.165) is 67.0 Å². The highest BCUT2D eigenvalue weighted by molar-refractivity contribution is 5.68. The molecule has 0 amide bonds. The van der Waals surface area contributed by atoms with Gasteiger partial charge >= 0.3 is 6.16 Å². The van der Waals surface area contributed by atoms with Crippen LogP contribution < -0.4 is 16.0 Å². The van der Waals surface area contributed by atoms with E-state index < -0.39 is 17.8 Å². The van der Waals surface area contributed by atoms with Crippen molar-refractivity contribution in [1.29, 1.82) is 5.26 Å². The van der Waals surface area contributed by atoms with Gasteiger partial charge in [0.15, 0.2) is 0 Å². The number of hydrogen-bond acceptors (Lipinski definition) is 14. The molecule has 1 saturated carbocycles. The number of nitrogens with zero attached hydrogens (tertiary/aromatic N) is 7. The lowest BCUT2D eigenvalue weighted by Gasteiger charge is -2.32. The van der Waals surface area contributed by atoms with Crippen LogP contribution in [-0.4, -0.2) is 87.4 Å². The molecule has 2 fully saturated rings. The fourth-order valence-electron chi connectivity index (χ4n) is 6.11. The van der Waals surface area contributed by atoms with E-state index in [1.54, 1.807) is 13.8 Å². The molecular weight excluding hydrogens is 628 g/mol. The molecule has 3 N–H and O–H groups in total. The van der Waals surface area contributed by atoms with E-state index in [0.29, 0.717) is 44.3 Å². The van der Waals surface area contributed by atoms with Gasteiger partial charge in [-0.25, -0.2) is 14.8 Å². The normalized spacial score (nSPS) is 20.1. The minimum atomic E-state index is -0.780. The Hall–Kier alpha value is -4.39. The quantitative estimate of drug-likeness (QED) is 0.187. The number of ether oxygens (including phenoxy) is 4. The van der Waals surface area contributed by atoms with E-state index in [9.17, 15) is 10.1 Å². The van der Waals surface area contributed by atoms with Crippen molar-refractivity contribution in [1.82, 2.24) is 35.5 Å². The third-order valence-corrected chi connectivity index (χ3v) is 8.95. The Bertz CT molecular complexity index is 1550. The molecule has 2 aliphatic rings. The summed E-state index contributed by atoms with van der Waals surface area (Å²) in [6.45, 7) is 10.2. The standard InChI is InChI=1S/C34H48N10O5/c1-5-48-33(45)49-25(4)44-42-32(41-43-44)20-47-19-24(3)38-26-9-11-27(12-10-26)39-31-17-28(23(2)18-36-31)29-7-6-8-30(40-29)37-22-34(21-35)13-15-46-16-14-34/h6-8,17-18,24-27,38H,5,9-16,19-20,22H2,1-4H3,(H,36,39)(H,37,40)/t24-,25+,26?,27?/m0/s1. The number of aryl methyl sites for hydroxylation is 1. The topological polar surface area (TPSA) is 183 Å². The van der Waals surface area contributed by atoms with Crippen LogP contribution in [0.4, 0.5) is 16.4 Å². The number of anilines is 2. The van der Waals surface area contributed by atoms with Crippen LogP contribution in [0, 0.1) is 23.7 Å². The van der Waals surface area contributed by atoms with Gasteiger partial charge in [0, 0.05) is 49.6 Å². The summed E-state index contributed by atoms with van der Waals surface area (Å²) in [6, 6.07) is 11.4. The molecule has 0 aromatic carbocycles. The Morgan fingerprint density at radius 2 is 1.94 bits per heavy atom. The van der Waals surface area contributed by atoms with Crippen LogP contribution in [0.15, 0.2) is 30.5 Å². The number of hydrogen-bond donors (Lipinski definition) is 3. The zero-order valence-corrected chi connectivity index (χ0v) is 28.9. The fraction of sp³-hybridized carbons (Fsp3) is 0.618. The molecule has 15 heteroatoms. The maximum absolute atomic E-state index is 11.5. The zero-order chi connectivity index (χ0) is 34.6. The molecule has 1 aliphatic heterocycles. The second-order valence-corrected chi connectivity index (χ2v) is 12.9. The molecule has 15 nitrogen and oxygen atoms in total. The Morgan fingerprint density at radius 3 is 2.69 bits per heavy atom. The van der Waals surface area contributed by atoms with E-state index in [1.165, 1.54) is 4.80 Å². The number of nitriles is 1. The second-order valence-electron chi connectivity index (χ2n) is 12.9. The van der Waals surface area contributed by atoms with Crippen molar-refractivity contribution in [3.8, 4) is 17.3 Å². The van der Waals surface area contributed by atoms with Crippen LogP contribution in [0.3, 0.4) is 0 Å². The largest absolute Gasteiger partial charge is 0.510 e. The molecule has 264 valence electrons. The van der Waals surface area contributed by atoms with Crippen LogP contribution >= 0.6 is 0 Å². The number of carbonyl (C=O) groups excluding carboxylic acids is 1. The highest BCUT2D eigenvalue weighted by Crippen LogP contribution is 2.31. The SMILES string of the molecule is CCOC(=O)O[C@H](C)n1nnc(COC[C@H](C)NC2CCC(Nc3cc(-c4cccc(NCC5(C#N)CCOCC5)n4)c(C)cn3)CC2)n1. The number of pyridine rings is 2. The molecule has 0 bridgehead atoms. The zero-order valence-electron chi connectivity index (χ0n) is 28.9. The fourth-order valence-corrected chi connectivity index (χ4v) is 6.11. The first kappa shape index (κ1) is 35.9. The summed E-state index contributed by atoms with van der Waals surface area (Å²) in [5, 5.41) is 32.7. The van der Waals surface area contributed by atoms with Gasteiger partial charge in [0.1, 0.15) is 18.2 Å². The van der Waals surface area contributed by atoms with Gasteiger partial charge in [-0.05, 0) is 95.2 Å². The van der Waals surface area contributed by atoms with Gasteiger partial charge in [0.25, 0.3) is 0 Å². The van der Waals surface area contributed by atoms with Gasteiger partial charge in [0.05, 0.1) is 30.4 Å². The highest BCUT2D eigenvalue weighted by atomic mass is 16.7. The minimum absolute atomic E-state index is 0.150. The number of tetrazole rings is 1. The van der Waals surface area contributed by atoms with Crippen molar-refractivity contribution in [3.63, 3.8) is 0 Å². The van der Waals surface area contributed by atoms with Gasteiger partial charge in [-0.2, -0.15) is 5.26 Å². The van der Waals surface area contributed by atoms with E-state index in [-0.39, 0.29) is 19.3 Å². The number of rotatable bonds is 15. The molecule has 4 heterocycles. The molecule has 2 atom stereocenters. The first-order valence-electron chi connectivity index (χ1n) is 17.1. The average Bonchev–Trinajstić information content (AvgIpc) is 3.59. The lowest BCUT2D eigenvalue weighted by molar-refractivity contribution is -0.00552. The first-order valence-corrected chi connectivity index (χ1v) is 17.1. The summed E-state index contributed by atoms with van der Waals surface area (Å²) < 4.78 is 21.2. The van der Waals surface area contributed by atoms with E-state index in [4.69, 9.17) is 23.9 Å². The van der Waals surface area contributed by atoms with Crippen LogP contribution in [0.25, 0.3) is 11.3 Å². The van der Waals surface area contributed by atoms with Crippen LogP contribution in [0.2, 0.25) is 0 Å². The Kier molecular flexibility index (Phi) is 12.7. The summed E-state index contributed by atoms with van der Waals surface area (Å²) >= 11 is 0. The molecule has 0 unspecified atom stereocenters.